The molecule has 0 bridgehead atoms. The van der Waals surface area contributed by atoms with Gasteiger partial charge in [-0.1, -0.05) is 13.8 Å². The molecule has 1 aliphatic heterocycles. The van der Waals surface area contributed by atoms with Gasteiger partial charge in [0.1, 0.15) is 0 Å². The van der Waals surface area contributed by atoms with Crippen molar-refractivity contribution < 1.29 is 8.78 Å². The lowest BCUT2D eigenvalue weighted by atomic mass is 9.87. The smallest absolute Gasteiger partial charge is 0.251 e. The van der Waals surface area contributed by atoms with E-state index in [9.17, 15) is 8.78 Å². The van der Waals surface area contributed by atoms with Gasteiger partial charge in [-0.15, -0.1) is 0 Å². The molecule has 2 aliphatic rings. The van der Waals surface area contributed by atoms with E-state index in [1.807, 2.05) is 4.90 Å². The molecule has 1 heterocycles. The van der Waals surface area contributed by atoms with Crippen molar-refractivity contribution >= 4 is 0 Å². The van der Waals surface area contributed by atoms with E-state index < -0.39 is 6.43 Å². The molecule has 2 nitrogen and oxygen atoms in total. The van der Waals surface area contributed by atoms with Crippen LogP contribution in [0.2, 0.25) is 0 Å². The second-order valence-corrected chi connectivity index (χ2v) is 5.59. The average Bonchev–Trinajstić information content (AvgIpc) is 3.12. The van der Waals surface area contributed by atoms with Crippen LogP contribution >= 0.6 is 0 Å². The summed E-state index contributed by atoms with van der Waals surface area (Å²) in [5.74, 6) is 0.660. The predicted molar refractivity (Wildman–Crippen MR) is 65.4 cm³/mol. The molecule has 2 rings (SSSR count). The Hall–Kier alpha value is -0.220. The molecule has 2 fully saturated rings. The third kappa shape index (κ3) is 2.97. The number of hydrogen-bond acceptors (Lipinski definition) is 2. The zero-order valence-corrected chi connectivity index (χ0v) is 10.9. The van der Waals surface area contributed by atoms with Gasteiger partial charge < -0.3 is 5.32 Å². The molecule has 1 atom stereocenters. The van der Waals surface area contributed by atoms with Gasteiger partial charge in [0.15, 0.2) is 0 Å². The molecule has 0 aromatic rings. The number of alkyl halides is 2. The van der Waals surface area contributed by atoms with E-state index in [1.165, 1.54) is 12.8 Å². The lowest BCUT2D eigenvalue weighted by Crippen LogP contribution is -2.65. The lowest BCUT2D eigenvalue weighted by molar-refractivity contribution is 0.0104. The van der Waals surface area contributed by atoms with Gasteiger partial charge in [-0.2, -0.15) is 0 Å². The number of nitrogens with one attached hydrogen (secondary N) is 1. The van der Waals surface area contributed by atoms with Gasteiger partial charge >= 0.3 is 0 Å². The maximum atomic E-state index is 12.7. The maximum Gasteiger partial charge on any atom is 0.251 e. The number of halogens is 2. The van der Waals surface area contributed by atoms with E-state index in [4.69, 9.17) is 0 Å². The molecule has 4 heteroatoms. The zero-order chi connectivity index (χ0) is 12.5. The van der Waals surface area contributed by atoms with E-state index in [1.54, 1.807) is 0 Å². The Labute approximate surface area is 103 Å². The van der Waals surface area contributed by atoms with Crippen molar-refractivity contribution in [3.63, 3.8) is 0 Å². The Kier molecular flexibility index (Phi) is 4.03. The molecule has 17 heavy (non-hydrogen) atoms. The van der Waals surface area contributed by atoms with Crippen LogP contribution in [0, 0.1) is 5.92 Å². The van der Waals surface area contributed by atoms with Crippen molar-refractivity contribution in [3.05, 3.63) is 0 Å². The van der Waals surface area contributed by atoms with Gasteiger partial charge in [-0.25, -0.2) is 8.78 Å². The van der Waals surface area contributed by atoms with Gasteiger partial charge in [0.2, 0.25) is 0 Å². The first-order chi connectivity index (χ1) is 8.10. The molecule has 0 radical (unpaired) electrons. The van der Waals surface area contributed by atoms with Crippen LogP contribution in [0.1, 0.15) is 39.5 Å². The van der Waals surface area contributed by atoms with Gasteiger partial charge in [-0.3, -0.25) is 4.90 Å². The first kappa shape index (κ1) is 13.2. The largest absolute Gasteiger partial charge is 0.308 e. The summed E-state index contributed by atoms with van der Waals surface area (Å²) >= 11 is 0. The van der Waals surface area contributed by atoms with E-state index in [-0.39, 0.29) is 12.1 Å². The number of hydrogen-bond donors (Lipinski definition) is 1. The van der Waals surface area contributed by atoms with Crippen molar-refractivity contribution in [2.24, 2.45) is 5.92 Å². The summed E-state index contributed by atoms with van der Waals surface area (Å²) in [6.07, 6.45) is 2.26. The standard InChI is InChI=1S/C13H24F2N2/c1-3-13(4-2)9-17(8-12(14)15)11(7-16-13)10-5-6-10/h10-12,16H,3-9H2,1-2H3. The molecule has 0 amide bonds. The van der Waals surface area contributed by atoms with Gasteiger partial charge in [0.25, 0.3) is 6.43 Å². The fourth-order valence-corrected chi connectivity index (χ4v) is 3.06. The molecule has 1 saturated heterocycles. The molecule has 1 N–H and O–H groups in total. The first-order valence-electron chi connectivity index (χ1n) is 6.87. The maximum absolute atomic E-state index is 12.7. The molecule has 1 aliphatic carbocycles. The normalized spacial score (nSPS) is 29.8. The van der Waals surface area contributed by atoms with Crippen LogP contribution in [0.5, 0.6) is 0 Å². The minimum Gasteiger partial charge on any atom is -0.308 e. The van der Waals surface area contributed by atoms with E-state index in [0.29, 0.717) is 12.0 Å². The van der Waals surface area contributed by atoms with Gasteiger partial charge in [0.05, 0.1) is 6.54 Å². The van der Waals surface area contributed by atoms with Crippen molar-refractivity contribution in [2.45, 2.75) is 57.5 Å². The minimum absolute atomic E-state index is 0.0510. The summed E-state index contributed by atoms with van der Waals surface area (Å²) in [7, 11) is 0. The highest BCUT2D eigenvalue weighted by Gasteiger charge is 2.43. The SMILES string of the molecule is CCC1(CC)CN(CC(F)F)C(C2CC2)CN1. The Morgan fingerprint density at radius 1 is 1.29 bits per heavy atom. The highest BCUT2D eigenvalue weighted by molar-refractivity contribution is 5.01. The predicted octanol–water partition coefficient (Wildman–Crippen LogP) is 2.49. The molecule has 1 saturated carbocycles. The Morgan fingerprint density at radius 3 is 2.41 bits per heavy atom. The molecule has 0 spiro atoms. The van der Waals surface area contributed by atoms with Crippen molar-refractivity contribution in [2.75, 3.05) is 19.6 Å². The zero-order valence-electron chi connectivity index (χ0n) is 10.9. The van der Waals surface area contributed by atoms with Crippen LogP contribution < -0.4 is 5.32 Å². The molecule has 100 valence electrons. The topological polar surface area (TPSA) is 15.3 Å². The Balaban J connectivity index is 2.03. The monoisotopic (exact) mass is 246 g/mol. The Bertz CT molecular complexity index is 250. The highest BCUT2D eigenvalue weighted by Crippen LogP contribution is 2.38. The summed E-state index contributed by atoms with van der Waals surface area (Å²) in [4.78, 5) is 2.05. The minimum atomic E-state index is -2.21. The summed E-state index contributed by atoms with van der Waals surface area (Å²) in [5, 5.41) is 3.62. The summed E-state index contributed by atoms with van der Waals surface area (Å²) in [5.41, 5.74) is 0.0558. The second kappa shape index (κ2) is 5.19. The van der Waals surface area contributed by atoms with Crippen LogP contribution in [-0.4, -0.2) is 42.5 Å². The summed E-state index contributed by atoms with van der Waals surface area (Å²) in [6.45, 7) is 5.91. The van der Waals surface area contributed by atoms with Crippen LogP contribution in [0.15, 0.2) is 0 Å². The fraction of sp³-hybridized carbons (Fsp3) is 1.00. The third-order valence-electron chi connectivity index (χ3n) is 4.55. The van der Waals surface area contributed by atoms with Crippen LogP contribution in [-0.2, 0) is 0 Å². The van der Waals surface area contributed by atoms with Gasteiger partial charge in [0, 0.05) is 24.7 Å². The number of rotatable bonds is 5. The quantitative estimate of drug-likeness (QED) is 0.802. The summed E-state index contributed by atoms with van der Waals surface area (Å²) < 4.78 is 25.3. The highest BCUT2D eigenvalue weighted by atomic mass is 19.3. The van der Waals surface area contributed by atoms with E-state index in [2.05, 4.69) is 19.2 Å². The molecule has 0 aromatic heterocycles. The van der Waals surface area contributed by atoms with Crippen LogP contribution in [0.25, 0.3) is 0 Å². The lowest BCUT2D eigenvalue weighted by Gasteiger charge is -2.47. The van der Waals surface area contributed by atoms with Crippen LogP contribution in [0.4, 0.5) is 8.78 Å². The summed E-state index contributed by atoms with van der Waals surface area (Å²) in [6, 6.07) is 0.343. The van der Waals surface area contributed by atoms with Gasteiger partial charge in [-0.05, 0) is 31.6 Å². The molecule has 1 unspecified atom stereocenters. The van der Waals surface area contributed by atoms with E-state index in [0.717, 1.165) is 25.9 Å². The van der Waals surface area contributed by atoms with Crippen molar-refractivity contribution in [3.8, 4) is 0 Å². The average molecular weight is 246 g/mol. The third-order valence-corrected chi connectivity index (χ3v) is 4.55. The number of piperazine rings is 1. The van der Waals surface area contributed by atoms with Crippen molar-refractivity contribution in [1.82, 2.24) is 10.2 Å². The first-order valence-corrected chi connectivity index (χ1v) is 6.87. The molecular formula is C13H24F2N2. The Morgan fingerprint density at radius 2 is 1.94 bits per heavy atom. The fourth-order valence-electron chi connectivity index (χ4n) is 3.06. The number of nitrogens with zero attached hydrogens (tertiary/aromatic N) is 1. The second-order valence-electron chi connectivity index (χ2n) is 5.59. The van der Waals surface area contributed by atoms with Crippen molar-refractivity contribution in [1.29, 1.82) is 0 Å². The van der Waals surface area contributed by atoms with Crippen LogP contribution in [0.3, 0.4) is 0 Å². The molecule has 0 aromatic carbocycles. The molecular weight excluding hydrogens is 222 g/mol. The van der Waals surface area contributed by atoms with E-state index >= 15 is 0 Å².